The van der Waals surface area contributed by atoms with Gasteiger partial charge < -0.3 is 24.8 Å². The quantitative estimate of drug-likeness (QED) is 0.454. The summed E-state index contributed by atoms with van der Waals surface area (Å²) in [6.45, 7) is 9.96. The maximum Gasteiger partial charge on any atom is 0.312 e. The van der Waals surface area contributed by atoms with Crippen molar-refractivity contribution in [2.24, 2.45) is 17.8 Å². The molecule has 3 saturated heterocycles. The summed E-state index contributed by atoms with van der Waals surface area (Å²) in [6, 6.07) is -0.871. The molecule has 3 fully saturated rings. The van der Waals surface area contributed by atoms with Crippen molar-refractivity contribution in [3.8, 4) is 0 Å². The minimum Gasteiger partial charge on any atom is -0.466 e. The van der Waals surface area contributed by atoms with E-state index in [9.17, 15) is 14.4 Å². The van der Waals surface area contributed by atoms with Crippen molar-refractivity contribution in [1.29, 1.82) is 0 Å². The Morgan fingerprint density at radius 3 is 2.66 bits per heavy atom. The maximum absolute atomic E-state index is 13.5. The van der Waals surface area contributed by atoms with Crippen LogP contribution in [0.5, 0.6) is 0 Å². The molecule has 3 heterocycles. The number of aliphatic hydroxyl groups excluding tert-OH is 1. The molecule has 29 heavy (non-hydrogen) atoms. The van der Waals surface area contributed by atoms with Crippen LogP contribution in [0, 0.1) is 17.8 Å². The van der Waals surface area contributed by atoms with Gasteiger partial charge in [-0.2, -0.15) is 0 Å². The highest BCUT2D eigenvalue weighted by Crippen LogP contribution is 2.65. The molecule has 3 aliphatic heterocycles. The summed E-state index contributed by atoms with van der Waals surface area (Å²) in [6.07, 6.45) is 1.66. The van der Waals surface area contributed by atoms with Gasteiger partial charge in [-0.3, -0.25) is 14.4 Å². The maximum atomic E-state index is 13.5. The lowest BCUT2D eigenvalue weighted by Crippen LogP contribution is -2.56. The van der Waals surface area contributed by atoms with Crippen LogP contribution >= 0.6 is 0 Å². The Kier molecular flexibility index (Phi) is 5.98. The first-order valence-corrected chi connectivity index (χ1v) is 10.7. The molecule has 0 aliphatic carbocycles. The molecule has 0 aromatic carbocycles. The largest absolute Gasteiger partial charge is 0.466 e. The van der Waals surface area contributed by atoms with E-state index in [0.717, 1.165) is 0 Å². The number of esters is 1. The zero-order valence-electron chi connectivity index (χ0n) is 18.1. The Labute approximate surface area is 172 Å². The lowest BCUT2D eigenvalue weighted by Gasteiger charge is -2.35. The fraction of sp³-hybridized carbons (Fsp3) is 0.857. The van der Waals surface area contributed by atoms with Gasteiger partial charge in [0.25, 0.3) is 0 Å². The van der Waals surface area contributed by atoms with Gasteiger partial charge in [0.2, 0.25) is 11.8 Å². The summed E-state index contributed by atoms with van der Waals surface area (Å²) in [4.78, 5) is 41.2. The molecule has 3 unspecified atom stereocenters. The fourth-order valence-electron chi connectivity index (χ4n) is 5.63. The van der Waals surface area contributed by atoms with Crippen LogP contribution in [0.4, 0.5) is 0 Å². The molecule has 6 atom stereocenters. The third kappa shape index (κ3) is 3.24. The second-order valence-electron chi connectivity index (χ2n) is 9.08. The van der Waals surface area contributed by atoms with E-state index in [1.165, 1.54) is 0 Å². The average Bonchev–Trinajstić information content (AvgIpc) is 3.12. The highest BCUT2D eigenvalue weighted by atomic mass is 16.6. The van der Waals surface area contributed by atoms with Gasteiger partial charge in [-0.1, -0.05) is 6.92 Å². The topological polar surface area (TPSA) is 105 Å². The second-order valence-corrected chi connectivity index (χ2v) is 9.08. The van der Waals surface area contributed by atoms with Crippen LogP contribution < -0.4 is 5.32 Å². The van der Waals surface area contributed by atoms with Gasteiger partial charge >= 0.3 is 5.97 Å². The Balaban J connectivity index is 2.03. The Bertz CT molecular complexity index is 682. The SMILES string of the molecule is CCOC(=O)[C@H]1[C@H]2C(=O)N(CCCCO)C(C(=O)NC(C)C)C23CC(C)[C@]1(C)O3. The van der Waals surface area contributed by atoms with Gasteiger partial charge in [-0.25, -0.2) is 0 Å². The zero-order valence-corrected chi connectivity index (χ0v) is 18.1. The number of hydrogen-bond donors (Lipinski definition) is 2. The van der Waals surface area contributed by atoms with Gasteiger partial charge in [0, 0.05) is 19.2 Å². The average molecular weight is 411 g/mol. The number of carbonyl (C=O) groups is 3. The van der Waals surface area contributed by atoms with Crippen molar-refractivity contribution in [3.63, 3.8) is 0 Å². The first kappa shape index (κ1) is 22.0. The van der Waals surface area contributed by atoms with E-state index in [1.54, 1.807) is 11.8 Å². The van der Waals surface area contributed by atoms with Gasteiger partial charge in [0.15, 0.2) is 0 Å². The number of amides is 2. The zero-order chi connectivity index (χ0) is 21.6. The molecule has 2 bridgehead atoms. The van der Waals surface area contributed by atoms with Crippen LogP contribution in [0.2, 0.25) is 0 Å². The van der Waals surface area contributed by atoms with Crippen molar-refractivity contribution in [1.82, 2.24) is 10.2 Å². The Hall–Kier alpha value is -1.67. The van der Waals surface area contributed by atoms with Gasteiger partial charge in [-0.15, -0.1) is 0 Å². The predicted molar refractivity (Wildman–Crippen MR) is 105 cm³/mol. The number of carbonyl (C=O) groups excluding carboxylic acids is 3. The predicted octanol–water partition coefficient (Wildman–Crippen LogP) is 0.857. The summed E-state index contributed by atoms with van der Waals surface area (Å²) in [5.41, 5.74) is -1.86. The Morgan fingerprint density at radius 1 is 1.38 bits per heavy atom. The summed E-state index contributed by atoms with van der Waals surface area (Å²) in [5.74, 6) is -2.34. The van der Waals surface area contributed by atoms with E-state index in [-0.39, 0.29) is 37.0 Å². The summed E-state index contributed by atoms with van der Waals surface area (Å²) in [7, 11) is 0. The smallest absolute Gasteiger partial charge is 0.312 e. The number of unbranched alkanes of at least 4 members (excludes halogenated alkanes) is 1. The molecule has 1 spiro atoms. The summed E-state index contributed by atoms with van der Waals surface area (Å²) in [5, 5.41) is 12.1. The molecule has 8 nitrogen and oxygen atoms in total. The minimum atomic E-state index is -1.03. The van der Waals surface area contributed by atoms with Crippen molar-refractivity contribution in [2.75, 3.05) is 19.8 Å². The molecular formula is C21H34N2O6. The van der Waals surface area contributed by atoms with E-state index < -0.39 is 35.0 Å². The van der Waals surface area contributed by atoms with Crippen molar-refractivity contribution in [2.45, 2.75) is 77.2 Å². The van der Waals surface area contributed by atoms with E-state index in [0.29, 0.717) is 25.8 Å². The molecule has 3 rings (SSSR count). The lowest BCUT2D eigenvalue weighted by molar-refractivity contribution is -0.161. The first-order valence-electron chi connectivity index (χ1n) is 10.7. The van der Waals surface area contributed by atoms with Crippen LogP contribution in [-0.2, 0) is 23.9 Å². The number of nitrogens with one attached hydrogen (secondary N) is 1. The molecular weight excluding hydrogens is 376 g/mol. The van der Waals surface area contributed by atoms with Gasteiger partial charge in [-0.05, 0) is 52.9 Å². The fourth-order valence-corrected chi connectivity index (χ4v) is 5.63. The van der Waals surface area contributed by atoms with Crippen molar-refractivity contribution < 1.29 is 29.0 Å². The van der Waals surface area contributed by atoms with E-state index >= 15 is 0 Å². The van der Waals surface area contributed by atoms with E-state index in [1.807, 2.05) is 27.7 Å². The van der Waals surface area contributed by atoms with Crippen molar-refractivity contribution >= 4 is 17.8 Å². The van der Waals surface area contributed by atoms with Crippen LogP contribution in [0.15, 0.2) is 0 Å². The number of likely N-dealkylation sites (tertiary alicyclic amines) is 1. The summed E-state index contributed by atoms with van der Waals surface area (Å²) >= 11 is 0. The van der Waals surface area contributed by atoms with Crippen LogP contribution in [0.3, 0.4) is 0 Å². The van der Waals surface area contributed by atoms with E-state index in [4.69, 9.17) is 14.6 Å². The number of rotatable bonds is 8. The molecule has 2 N–H and O–H groups in total. The molecule has 0 aromatic rings. The standard InChI is InChI=1S/C21H34N2O6/c1-6-28-19(27)15-14-18(26)23(9-7-8-10-24)16(17(25)22-12(2)3)21(14)11-13(4)20(15,5)29-21/h12-16,24H,6-11H2,1-5H3,(H,22,25)/t13?,14-,15+,16?,20-,21?/m0/s1. The molecule has 0 aromatic heterocycles. The highest BCUT2D eigenvalue weighted by molar-refractivity contribution is 5.98. The molecule has 3 aliphatic rings. The molecule has 8 heteroatoms. The normalized spacial score (nSPS) is 37.9. The number of fused-ring (bicyclic) bond motifs is 1. The second kappa shape index (κ2) is 7.87. The van der Waals surface area contributed by atoms with Crippen LogP contribution in [0.25, 0.3) is 0 Å². The minimum absolute atomic E-state index is 0.00713. The number of ether oxygens (including phenoxy) is 2. The third-order valence-electron chi connectivity index (χ3n) is 6.84. The van der Waals surface area contributed by atoms with Crippen LogP contribution in [0.1, 0.15) is 53.9 Å². The van der Waals surface area contributed by atoms with Gasteiger partial charge in [0.05, 0.1) is 18.1 Å². The Morgan fingerprint density at radius 2 is 2.07 bits per heavy atom. The number of aliphatic hydroxyl groups is 1. The lowest BCUT2D eigenvalue weighted by atomic mass is 9.62. The summed E-state index contributed by atoms with van der Waals surface area (Å²) < 4.78 is 11.8. The van der Waals surface area contributed by atoms with E-state index in [2.05, 4.69) is 5.32 Å². The molecule has 0 saturated carbocycles. The van der Waals surface area contributed by atoms with Gasteiger partial charge in [0.1, 0.15) is 17.6 Å². The number of nitrogens with zero attached hydrogens (tertiary/aromatic N) is 1. The molecule has 2 amide bonds. The molecule has 0 radical (unpaired) electrons. The van der Waals surface area contributed by atoms with Crippen LogP contribution in [-0.4, -0.2) is 70.8 Å². The van der Waals surface area contributed by atoms with Crippen molar-refractivity contribution in [3.05, 3.63) is 0 Å². The monoisotopic (exact) mass is 410 g/mol. The first-order chi connectivity index (χ1) is 13.6. The number of hydrogen-bond acceptors (Lipinski definition) is 6. The third-order valence-corrected chi connectivity index (χ3v) is 6.84. The molecule has 164 valence electrons. The highest BCUT2D eigenvalue weighted by Gasteiger charge is 2.80.